The number of thioether (sulfide) groups is 1. The summed E-state index contributed by atoms with van der Waals surface area (Å²) in [5.74, 6) is 0.282. The van der Waals surface area contributed by atoms with Crippen LogP contribution in [0.2, 0.25) is 0 Å². The minimum Gasteiger partial charge on any atom is -0.332 e. The van der Waals surface area contributed by atoms with Crippen molar-refractivity contribution >= 4 is 57.8 Å². The summed E-state index contributed by atoms with van der Waals surface area (Å²) in [6, 6.07) is 20.7. The van der Waals surface area contributed by atoms with Crippen molar-refractivity contribution in [2.24, 2.45) is 0 Å². The predicted octanol–water partition coefficient (Wildman–Crippen LogP) is 6.05. The Labute approximate surface area is 198 Å². The van der Waals surface area contributed by atoms with Crippen LogP contribution >= 0.6 is 24.0 Å². The van der Waals surface area contributed by atoms with Gasteiger partial charge < -0.3 is 16.0 Å². The number of Topliss-reactive ketones (excluding diaryl/α,β-unsaturated/α-hetero) is 1. The third-order valence-corrected chi connectivity index (χ3v) is 6.09. The molecule has 3 rings (SSSR count). The van der Waals surface area contributed by atoms with Gasteiger partial charge in [0.25, 0.3) is 0 Å². The van der Waals surface area contributed by atoms with E-state index in [1.54, 1.807) is 12.1 Å². The molecule has 0 aliphatic heterocycles. The quantitative estimate of drug-likeness (QED) is 0.225. The highest BCUT2D eigenvalue weighted by Gasteiger charge is 2.08. The van der Waals surface area contributed by atoms with Gasteiger partial charge in [0.15, 0.2) is 10.9 Å². The number of nitrogens with one attached hydrogen (secondary N) is 3. The van der Waals surface area contributed by atoms with E-state index in [1.807, 2.05) is 68.4 Å². The van der Waals surface area contributed by atoms with Crippen LogP contribution in [-0.4, -0.2) is 22.6 Å². The van der Waals surface area contributed by atoms with Crippen LogP contribution in [0.15, 0.2) is 71.6 Å². The fourth-order valence-corrected chi connectivity index (χ4v) is 3.96. The maximum atomic E-state index is 12.4. The summed E-state index contributed by atoms with van der Waals surface area (Å²) in [4.78, 5) is 24.7. The fourth-order valence-electron chi connectivity index (χ4n) is 2.97. The Morgan fingerprint density at radius 1 is 0.875 bits per heavy atom. The van der Waals surface area contributed by atoms with Crippen LogP contribution in [-0.2, 0) is 4.79 Å². The molecule has 1 amide bonds. The summed E-state index contributed by atoms with van der Waals surface area (Å²) >= 11 is 6.85. The topological polar surface area (TPSA) is 70.2 Å². The second-order valence-electron chi connectivity index (χ2n) is 7.32. The lowest BCUT2D eigenvalue weighted by Gasteiger charge is -2.12. The standard InChI is InChI=1S/C25H25N3O2S2/c1-16-6-4-9-23(17(16)2)28-24(30)15-32-22-8-5-7-21(14-22)27-25(31)26-20-12-10-19(11-13-20)18(3)29/h4-14H,15H2,1-3H3,(H,28,30)(H2,26,27,31). The monoisotopic (exact) mass is 463 g/mol. The van der Waals surface area contributed by atoms with E-state index in [0.717, 1.165) is 33.1 Å². The van der Waals surface area contributed by atoms with E-state index in [4.69, 9.17) is 12.2 Å². The Hall–Kier alpha value is -3.16. The molecule has 7 heteroatoms. The van der Waals surface area contributed by atoms with Crippen LogP contribution in [0.3, 0.4) is 0 Å². The van der Waals surface area contributed by atoms with Crippen molar-refractivity contribution in [3.05, 3.63) is 83.4 Å². The highest BCUT2D eigenvalue weighted by Crippen LogP contribution is 2.23. The summed E-state index contributed by atoms with van der Waals surface area (Å²) in [5.41, 5.74) is 5.34. The van der Waals surface area contributed by atoms with Gasteiger partial charge in [-0.1, -0.05) is 18.2 Å². The molecule has 0 aliphatic carbocycles. The first-order valence-corrected chi connectivity index (χ1v) is 11.5. The summed E-state index contributed by atoms with van der Waals surface area (Å²) in [7, 11) is 0. The molecule has 32 heavy (non-hydrogen) atoms. The predicted molar refractivity (Wildman–Crippen MR) is 138 cm³/mol. The van der Waals surface area contributed by atoms with Crippen LogP contribution in [0.5, 0.6) is 0 Å². The van der Waals surface area contributed by atoms with Gasteiger partial charge in [-0.25, -0.2) is 0 Å². The highest BCUT2D eigenvalue weighted by atomic mass is 32.2. The molecule has 164 valence electrons. The first-order valence-electron chi connectivity index (χ1n) is 10.1. The summed E-state index contributed by atoms with van der Waals surface area (Å²) in [6.07, 6.45) is 0. The molecule has 0 heterocycles. The van der Waals surface area contributed by atoms with Gasteiger partial charge in [0.1, 0.15) is 0 Å². The zero-order valence-corrected chi connectivity index (χ0v) is 19.8. The SMILES string of the molecule is CC(=O)c1ccc(NC(=S)Nc2cccc(SCC(=O)Nc3cccc(C)c3C)c2)cc1. The molecule has 3 N–H and O–H groups in total. The number of ketones is 1. The van der Waals surface area contributed by atoms with E-state index in [-0.39, 0.29) is 11.7 Å². The van der Waals surface area contributed by atoms with E-state index < -0.39 is 0 Å². The van der Waals surface area contributed by atoms with Gasteiger partial charge in [0.05, 0.1) is 5.75 Å². The number of hydrogen-bond acceptors (Lipinski definition) is 4. The maximum Gasteiger partial charge on any atom is 0.234 e. The van der Waals surface area contributed by atoms with E-state index in [0.29, 0.717) is 16.4 Å². The molecule has 0 fully saturated rings. The van der Waals surface area contributed by atoms with Gasteiger partial charge in [0, 0.05) is 27.5 Å². The van der Waals surface area contributed by atoms with Crippen molar-refractivity contribution in [3.8, 4) is 0 Å². The third-order valence-electron chi connectivity index (χ3n) is 4.89. The van der Waals surface area contributed by atoms with Crippen LogP contribution in [0.1, 0.15) is 28.4 Å². The maximum absolute atomic E-state index is 12.4. The van der Waals surface area contributed by atoms with Gasteiger partial charge in [0.2, 0.25) is 5.91 Å². The van der Waals surface area contributed by atoms with E-state index >= 15 is 0 Å². The van der Waals surface area contributed by atoms with Gasteiger partial charge in [-0.15, -0.1) is 11.8 Å². The van der Waals surface area contributed by atoms with Crippen LogP contribution in [0.4, 0.5) is 17.1 Å². The number of carbonyl (C=O) groups excluding carboxylic acids is 2. The number of thiocarbonyl (C=S) groups is 1. The van der Waals surface area contributed by atoms with Gasteiger partial charge in [-0.3, -0.25) is 9.59 Å². The second-order valence-corrected chi connectivity index (χ2v) is 8.78. The van der Waals surface area contributed by atoms with E-state index in [9.17, 15) is 9.59 Å². The average molecular weight is 464 g/mol. The number of aryl methyl sites for hydroxylation is 1. The molecule has 3 aromatic carbocycles. The van der Waals surface area contributed by atoms with Crippen molar-refractivity contribution in [2.75, 3.05) is 21.7 Å². The number of carbonyl (C=O) groups is 2. The van der Waals surface area contributed by atoms with Crippen molar-refractivity contribution in [2.45, 2.75) is 25.7 Å². The molecule has 3 aromatic rings. The molecule has 0 aromatic heterocycles. The highest BCUT2D eigenvalue weighted by molar-refractivity contribution is 8.00. The molecule has 0 spiro atoms. The minimum atomic E-state index is -0.0479. The van der Waals surface area contributed by atoms with E-state index in [1.165, 1.54) is 18.7 Å². The number of rotatable bonds is 7. The molecule has 0 saturated carbocycles. The lowest BCUT2D eigenvalue weighted by atomic mass is 10.1. The van der Waals surface area contributed by atoms with Gasteiger partial charge in [-0.05, 0) is 92.6 Å². The van der Waals surface area contributed by atoms with Crippen molar-refractivity contribution in [3.63, 3.8) is 0 Å². The molecule has 0 saturated heterocycles. The lowest BCUT2D eigenvalue weighted by Crippen LogP contribution is -2.19. The Morgan fingerprint density at radius 3 is 2.28 bits per heavy atom. The second kappa shape index (κ2) is 10.9. The van der Waals surface area contributed by atoms with E-state index in [2.05, 4.69) is 16.0 Å². The van der Waals surface area contributed by atoms with Crippen molar-refractivity contribution < 1.29 is 9.59 Å². The first kappa shape index (κ1) is 23.5. The zero-order valence-electron chi connectivity index (χ0n) is 18.2. The summed E-state index contributed by atoms with van der Waals surface area (Å²) in [5, 5.41) is 9.67. The molecular weight excluding hydrogens is 438 g/mol. The molecule has 5 nitrogen and oxygen atoms in total. The van der Waals surface area contributed by atoms with Crippen molar-refractivity contribution in [1.29, 1.82) is 0 Å². The average Bonchev–Trinajstić information content (AvgIpc) is 2.76. The molecule has 0 radical (unpaired) electrons. The van der Waals surface area contributed by atoms with Gasteiger partial charge >= 0.3 is 0 Å². The fraction of sp³-hybridized carbons (Fsp3) is 0.160. The molecule has 0 atom stereocenters. The van der Waals surface area contributed by atoms with Crippen LogP contribution < -0.4 is 16.0 Å². The van der Waals surface area contributed by atoms with Crippen LogP contribution in [0.25, 0.3) is 0 Å². The Bertz CT molecular complexity index is 1140. The minimum absolute atomic E-state index is 0.0225. The van der Waals surface area contributed by atoms with Crippen LogP contribution in [0, 0.1) is 13.8 Å². The van der Waals surface area contributed by atoms with Crippen molar-refractivity contribution in [1.82, 2.24) is 0 Å². The summed E-state index contributed by atoms with van der Waals surface area (Å²) < 4.78 is 0. The number of amides is 1. The number of anilines is 3. The molecule has 0 bridgehead atoms. The lowest BCUT2D eigenvalue weighted by molar-refractivity contribution is -0.113. The molecular formula is C25H25N3O2S2. The first-order chi connectivity index (χ1) is 15.3. The normalized spacial score (nSPS) is 10.3. The van der Waals surface area contributed by atoms with Gasteiger partial charge in [-0.2, -0.15) is 0 Å². The summed E-state index contributed by atoms with van der Waals surface area (Å²) in [6.45, 7) is 5.56. The largest absolute Gasteiger partial charge is 0.332 e. The number of benzene rings is 3. The third kappa shape index (κ3) is 6.67. The Morgan fingerprint density at radius 2 is 1.56 bits per heavy atom. The Kier molecular flexibility index (Phi) is 8.03. The number of hydrogen-bond donors (Lipinski definition) is 3. The molecule has 0 unspecified atom stereocenters. The smallest absolute Gasteiger partial charge is 0.234 e. The molecule has 0 aliphatic rings. The zero-order chi connectivity index (χ0) is 23.1. The Balaban J connectivity index is 1.53.